The van der Waals surface area contributed by atoms with Crippen molar-refractivity contribution in [2.24, 2.45) is 5.73 Å². The molecule has 1 aromatic carbocycles. The predicted molar refractivity (Wildman–Crippen MR) is 123 cm³/mol. The normalized spacial score (nSPS) is 10.8. The maximum Gasteiger partial charge on any atom is 0.341 e. The van der Waals surface area contributed by atoms with Crippen molar-refractivity contribution in [2.75, 3.05) is 5.32 Å². The lowest BCUT2D eigenvalue weighted by atomic mass is 10.1. The fraction of sp³-hybridized carbons (Fsp3) is 0.238. The average Bonchev–Trinajstić information content (AvgIpc) is 3.31. The number of amides is 2. The molecule has 0 aliphatic heterocycles. The van der Waals surface area contributed by atoms with Crippen LogP contribution in [0.15, 0.2) is 41.0 Å². The Bertz CT molecular complexity index is 1150. The lowest BCUT2D eigenvalue weighted by molar-refractivity contribution is 0.0379. The Morgan fingerprint density at radius 3 is 2.53 bits per heavy atom. The summed E-state index contributed by atoms with van der Waals surface area (Å²) in [5.74, 6) is -1.25. The minimum atomic E-state index is -0.694. The van der Waals surface area contributed by atoms with E-state index in [0.29, 0.717) is 11.3 Å². The van der Waals surface area contributed by atoms with Crippen LogP contribution in [0.1, 0.15) is 49.9 Å². The van der Waals surface area contributed by atoms with Gasteiger partial charge >= 0.3 is 5.97 Å². The smallest absolute Gasteiger partial charge is 0.341 e. The van der Waals surface area contributed by atoms with Gasteiger partial charge in [0.25, 0.3) is 11.8 Å². The third kappa shape index (κ3) is 5.54. The van der Waals surface area contributed by atoms with Crippen LogP contribution in [0.2, 0.25) is 0 Å². The second-order valence-corrected chi connectivity index (χ2v) is 8.94. The largest absolute Gasteiger partial charge is 0.471 e. The molecule has 0 radical (unpaired) electrons. The molecule has 9 nitrogen and oxygen atoms in total. The van der Waals surface area contributed by atoms with Gasteiger partial charge in [0.05, 0.1) is 16.5 Å². The molecule has 0 aliphatic carbocycles. The molecule has 0 spiro atoms. The number of hydrogen-bond acceptors (Lipinski definition) is 7. The van der Waals surface area contributed by atoms with E-state index in [9.17, 15) is 14.4 Å². The summed E-state index contributed by atoms with van der Waals surface area (Å²) in [6, 6.07) is 8.82. The molecular weight excluding hydrogens is 500 g/mol. The minimum absolute atomic E-state index is 0.101. The van der Waals surface area contributed by atoms with Crippen molar-refractivity contribution < 1.29 is 23.9 Å². The molecule has 168 valence electrons. The lowest BCUT2D eigenvalue weighted by Crippen LogP contribution is -2.18. The summed E-state index contributed by atoms with van der Waals surface area (Å²) in [5.41, 5.74) is 5.98. The second-order valence-electron chi connectivity index (χ2n) is 7.00. The third-order valence-electron chi connectivity index (χ3n) is 4.19. The van der Waals surface area contributed by atoms with Crippen molar-refractivity contribution in [2.45, 2.75) is 33.6 Å². The first-order valence-corrected chi connectivity index (χ1v) is 11.1. The number of esters is 1. The summed E-state index contributed by atoms with van der Waals surface area (Å²) in [6.07, 6.45) is 1.22. The second kappa shape index (κ2) is 9.96. The molecule has 0 atom stereocenters. The summed E-state index contributed by atoms with van der Waals surface area (Å²) < 4.78 is 13.3. The highest BCUT2D eigenvalue weighted by Crippen LogP contribution is 2.34. The fourth-order valence-corrected chi connectivity index (χ4v) is 4.06. The Morgan fingerprint density at radius 1 is 1.22 bits per heavy atom. The van der Waals surface area contributed by atoms with Crippen LogP contribution in [0.3, 0.4) is 0 Å². The number of nitrogens with one attached hydrogen (secondary N) is 1. The SMILES string of the molecule is Cc1c(C(N)=O)sc(NC(=O)c2ccn(COc3ccc(Br)cc3)n2)c1C(=O)OC(C)C. The standard InChI is InChI=1S/C21H21BrN4O5S/c1-11(2)31-21(29)16-12(3)17(18(23)27)32-20(16)24-19(28)15-8-9-26(25-15)10-30-14-6-4-13(22)5-7-14/h4-9,11H,10H2,1-3H3,(H2,23,27)(H,24,28). The van der Waals surface area contributed by atoms with Crippen LogP contribution in [0.25, 0.3) is 0 Å². The molecule has 2 amide bonds. The maximum atomic E-state index is 12.7. The molecule has 3 rings (SSSR count). The highest BCUT2D eigenvalue weighted by Gasteiger charge is 2.27. The number of ether oxygens (including phenoxy) is 2. The van der Waals surface area contributed by atoms with E-state index in [2.05, 4.69) is 26.3 Å². The Morgan fingerprint density at radius 2 is 1.91 bits per heavy atom. The monoisotopic (exact) mass is 520 g/mol. The molecule has 2 heterocycles. The van der Waals surface area contributed by atoms with Gasteiger partial charge in [0.2, 0.25) is 0 Å². The van der Waals surface area contributed by atoms with Crippen molar-refractivity contribution in [1.82, 2.24) is 9.78 Å². The van der Waals surface area contributed by atoms with E-state index in [-0.39, 0.29) is 34.0 Å². The molecule has 0 fully saturated rings. The summed E-state index contributed by atoms with van der Waals surface area (Å²) in [6.45, 7) is 5.09. The summed E-state index contributed by atoms with van der Waals surface area (Å²) >= 11 is 4.27. The molecular formula is C21H21BrN4O5S. The van der Waals surface area contributed by atoms with Crippen molar-refractivity contribution in [3.63, 3.8) is 0 Å². The highest BCUT2D eigenvalue weighted by atomic mass is 79.9. The first kappa shape index (κ1) is 23.5. The number of halogens is 1. The van der Waals surface area contributed by atoms with Gasteiger partial charge in [-0.25, -0.2) is 9.48 Å². The number of nitrogens with zero attached hydrogens (tertiary/aromatic N) is 2. The van der Waals surface area contributed by atoms with E-state index < -0.39 is 17.8 Å². The summed E-state index contributed by atoms with van der Waals surface area (Å²) in [7, 11) is 0. The number of anilines is 1. The van der Waals surface area contributed by atoms with Crippen molar-refractivity contribution in [1.29, 1.82) is 0 Å². The number of carbonyl (C=O) groups excluding carboxylic acids is 3. The van der Waals surface area contributed by atoms with E-state index in [1.165, 1.54) is 10.7 Å². The fourth-order valence-electron chi connectivity index (χ4n) is 2.75. The Kier molecular flexibility index (Phi) is 7.31. The highest BCUT2D eigenvalue weighted by molar-refractivity contribution is 9.10. The molecule has 3 aromatic rings. The van der Waals surface area contributed by atoms with E-state index in [0.717, 1.165) is 15.8 Å². The van der Waals surface area contributed by atoms with E-state index in [4.69, 9.17) is 15.2 Å². The number of primary amides is 1. The van der Waals surface area contributed by atoms with E-state index >= 15 is 0 Å². The zero-order valence-corrected chi connectivity index (χ0v) is 20.0. The number of benzene rings is 1. The Labute approximate surface area is 196 Å². The van der Waals surface area contributed by atoms with E-state index in [1.807, 2.05) is 12.1 Å². The molecule has 0 aliphatic rings. The van der Waals surface area contributed by atoms with E-state index in [1.54, 1.807) is 39.1 Å². The molecule has 0 bridgehead atoms. The molecule has 2 aromatic heterocycles. The van der Waals surface area contributed by atoms with Gasteiger partial charge in [-0.2, -0.15) is 5.10 Å². The Hall–Kier alpha value is -3.18. The quantitative estimate of drug-likeness (QED) is 0.432. The van der Waals surface area contributed by atoms with Crippen LogP contribution >= 0.6 is 27.3 Å². The third-order valence-corrected chi connectivity index (χ3v) is 5.95. The van der Waals surface area contributed by atoms with Gasteiger partial charge in [0.1, 0.15) is 10.8 Å². The van der Waals surface area contributed by atoms with Gasteiger partial charge in [-0.1, -0.05) is 15.9 Å². The van der Waals surface area contributed by atoms with Crippen LogP contribution in [0.4, 0.5) is 5.00 Å². The summed E-state index contributed by atoms with van der Waals surface area (Å²) in [5, 5.41) is 7.01. The Balaban J connectivity index is 1.75. The first-order valence-electron chi connectivity index (χ1n) is 9.53. The molecule has 3 N–H and O–H groups in total. The number of hydrogen-bond donors (Lipinski definition) is 2. The molecule has 0 unspecified atom stereocenters. The van der Waals surface area contributed by atoms with Gasteiger partial charge in [-0.3, -0.25) is 9.59 Å². The van der Waals surface area contributed by atoms with Gasteiger partial charge in [0, 0.05) is 10.7 Å². The van der Waals surface area contributed by atoms with Gasteiger partial charge < -0.3 is 20.5 Å². The number of thiophene rings is 1. The van der Waals surface area contributed by atoms with Crippen molar-refractivity contribution >= 4 is 50.1 Å². The minimum Gasteiger partial charge on any atom is -0.471 e. The number of nitrogens with two attached hydrogens (primary N) is 1. The van der Waals surface area contributed by atoms with Crippen LogP contribution in [-0.4, -0.2) is 33.7 Å². The number of carbonyl (C=O) groups is 3. The molecule has 0 saturated carbocycles. The van der Waals surface area contributed by atoms with Crippen LogP contribution in [0, 0.1) is 6.92 Å². The topological polar surface area (TPSA) is 126 Å². The zero-order chi connectivity index (χ0) is 23.4. The number of rotatable bonds is 8. The van der Waals surface area contributed by atoms with Crippen molar-refractivity contribution in [3.05, 3.63) is 62.7 Å². The zero-order valence-electron chi connectivity index (χ0n) is 17.5. The number of aromatic nitrogens is 2. The predicted octanol–water partition coefficient (Wildman–Crippen LogP) is 3.97. The van der Waals surface area contributed by atoms with Crippen LogP contribution < -0.4 is 15.8 Å². The van der Waals surface area contributed by atoms with Crippen molar-refractivity contribution in [3.8, 4) is 5.75 Å². The first-order chi connectivity index (χ1) is 15.2. The maximum absolute atomic E-state index is 12.7. The van der Waals surface area contributed by atoms with Gasteiger partial charge in [-0.05, 0) is 56.7 Å². The average molecular weight is 521 g/mol. The van der Waals surface area contributed by atoms with Gasteiger partial charge in [-0.15, -0.1) is 11.3 Å². The molecule has 11 heteroatoms. The molecule has 0 saturated heterocycles. The van der Waals surface area contributed by atoms with Gasteiger partial charge in [0.15, 0.2) is 12.4 Å². The van der Waals surface area contributed by atoms with Crippen LogP contribution in [0.5, 0.6) is 5.75 Å². The summed E-state index contributed by atoms with van der Waals surface area (Å²) in [4.78, 5) is 37.2. The lowest BCUT2D eigenvalue weighted by Gasteiger charge is -2.10. The van der Waals surface area contributed by atoms with Crippen LogP contribution in [-0.2, 0) is 11.5 Å². The molecule has 32 heavy (non-hydrogen) atoms.